The highest BCUT2D eigenvalue weighted by molar-refractivity contribution is 5.08. The Hall–Kier alpha value is -0.870. The maximum Gasteiger partial charge on any atom is 0.0597 e. The summed E-state index contributed by atoms with van der Waals surface area (Å²) in [5.41, 5.74) is 7.91. The maximum atomic E-state index is 5.56. The highest BCUT2D eigenvalue weighted by Gasteiger charge is 2.12. The molecule has 0 bridgehead atoms. The molecule has 0 spiro atoms. The van der Waals surface area contributed by atoms with Crippen LogP contribution in [0, 0.1) is 6.92 Å². The Morgan fingerprint density at radius 2 is 2.19 bits per heavy atom. The topological polar surface area (TPSA) is 47.1 Å². The van der Waals surface area contributed by atoms with Gasteiger partial charge in [0.2, 0.25) is 0 Å². The minimum atomic E-state index is 0.543. The molecule has 2 N–H and O–H groups in total. The first-order chi connectivity index (χ1) is 7.54. The van der Waals surface area contributed by atoms with Gasteiger partial charge in [0, 0.05) is 26.2 Å². The molecule has 0 aliphatic heterocycles. The van der Waals surface area contributed by atoms with Crippen LogP contribution in [0.15, 0.2) is 6.07 Å². The first-order valence-electron chi connectivity index (χ1n) is 5.98. The number of nitrogens with zero attached hydrogens (tertiary/aromatic N) is 3. The largest absolute Gasteiger partial charge is 0.330 e. The fourth-order valence-electron chi connectivity index (χ4n) is 1.83. The minimum absolute atomic E-state index is 0.543. The average Bonchev–Trinajstić information content (AvgIpc) is 2.51. The smallest absolute Gasteiger partial charge is 0.0597 e. The van der Waals surface area contributed by atoms with Crippen molar-refractivity contribution in [1.82, 2.24) is 14.7 Å². The Morgan fingerprint density at radius 1 is 1.50 bits per heavy atom. The third-order valence-electron chi connectivity index (χ3n) is 2.84. The van der Waals surface area contributed by atoms with E-state index in [-0.39, 0.29) is 0 Å². The molecule has 1 aromatic heterocycles. The van der Waals surface area contributed by atoms with Crippen LogP contribution in [0.5, 0.6) is 0 Å². The van der Waals surface area contributed by atoms with Gasteiger partial charge in [-0.1, -0.05) is 0 Å². The quantitative estimate of drug-likeness (QED) is 0.792. The molecule has 1 aromatic rings. The van der Waals surface area contributed by atoms with Crippen LogP contribution in [-0.2, 0) is 13.6 Å². The van der Waals surface area contributed by atoms with Gasteiger partial charge in [0.1, 0.15) is 0 Å². The van der Waals surface area contributed by atoms with Crippen LogP contribution in [-0.4, -0.2) is 33.8 Å². The van der Waals surface area contributed by atoms with Crippen LogP contribution in [0.2, 0.25) is 0 Å². The minimum Gasteiger partial charge on any atom is -0.330 e. The van der Waals surface area contributed by atoms with Crippen molar-refractivity contribution < 1.29 is 0 Å². The first kappa shape index (κ1) is 13.2. The number of hydrogen-bond acceptors (Lipinski definition) is 3. The Labute approximate surface area is 98.4 Å². The lowest BCUT2D eigenvalue weighted by Gasteiger charge is -2.26. The molecule has 16 heavy (non-hydrogen) atoms. The van der Waals surface area contributed by atoms with E-state index in [9.17, 15) is 0 Å². The van der Waals surface area contributed by atoms with E-state index in [1.807, 2.05) is 18.7 Å². The number of hydrogen-bond donors (Lipinski definition) is 1. The van der Waals surface area contributed by atoms with Gasteiger partial charge in [-0.05, 0) is 39.8 Å². The molecule has 0 saturated carbocycles. The molecular formula is C12H24N4. The number of nitrogens with two attached hydrogens (primary N) is 1. The second-order valence-electron chi connectivity index (χ2n) is 4.61. The predicted molar refractivity (Wildman–Crippen MR) is 67.2 cm³/mol. The van der Waals surface area contributed by atoms with Crippen molar-refractivity contribution in [3.63, 3.8) is 0 Å². The molecule has 0 fully saturated rings. The summed E-state index contributed by atoms with van der Waals surface area (Å²) in [6, 6.07) is 2.69. The lowest BCUT2D eigenvalue weighted by Crippen LogP contribution is -2.33. The van der Waals surface area contributed by atoms with Gasteiger partial charge in [-0.25, -0.2) is 0 Å². The van der Waals surface area contributed by atoms with Gasteiger partial charge >= 0.3 is 0 Å². The molecule has 4 nitrogen and oxygen atoms in total. The zero-order chi connectivity index (χ0) is 12.1. The average molecular weight is 224 g/mol. The Balaban J connectivity index is 2.64. The molecule has 0 atom stereocenters. The van der Waals surface area contributed by atoms with Gasteiger partial charge in [0.15, 0.2) is 0 Å². The SMILES string of the molecule is Cc1cc(CN(CCCN)C(C)C)n(C)n1. The van der Waals surface area contributed by atoms with E-state index in [0.717, 1.165) is 31.7 Å². The van der Waals surface area contributed by atoms with Crippen molar-refractivity contribution in [2.75, 3.05) is 13.1 Å². The maximum absolute atomic E-state index is 5.56. The summed E-state index contributed by atoms with van der Waals surface area (Å²) in [4.78, 5) is 2.43. The van der Waals surface area contributed by atoms with Crippen molar-refractivity contribution in [3.8, 4) is 0 Å². The Bertz CT molecular complexity index is 317. The fourth-order valence-corrected chi connectivity index (χ4v) is 1.83. The van der Waals surface area contributed by atoms with Crippen LogP contribution >= 0.6 is 0 Å². The lowest BCUT2D eigenvalue weighted by molar-refractivity contribution is 0.206. The van der Waals surface area contributed by atoms with Crippen LogP contribution in [0.4, 0.5) is 0 Å². The molecule has 1 heterocycles. The third-order valence-corrected chi connectivity index (χ3v) is 2.84. The predicted octanol–water partition coefficient (Wildman–Crippen LogP) is 1.29. The molecule has 0 aliphatic carbocycles. The molecular weight excluding hydrogens is 200 g/mol. The van der Waals surface area contributed by atoms with Crippen LogP contribution in [0.3, 0.4) is 0 Å². The van der Waals surface area contributed by atoms with Gasteiger partial charge in [-0.2, -0.15) is 5.10 Å². The van der Waals surface area contributed by atoms with E-state index in [1.165, 1.54) is 5.69 Å². The normalized spacial score (nSPS) is 11.7. The van der Waals surface area contributed by atoms with Crippen molar-refractivity contribution in [2.45, 2.75) is 39.8 Å². The van der Waals surface area contributed by atoms with E-state index < -0.39 is 0 Å². The summed E-state index contributed by atoms with van der Waals surface area (Å²) in [6.45, 7) is 9.24. The second kappa shape index (κ2) is 6.01. The molecule has 0 radical (unpaired) electrons. The number of rotatable bonds is 6. The van der Waals surface area contributed by atoms with Gasteiger partial charge in [-0.3, -0.25) is 9.58 Å². The molecule has 0 aliphatic rings. The molecule has 4 heteroatoms. The zero-order valence-corrected chi connectivity index (χ0v) is 10.9. The third kappa shape index (κ3) is 3.61. The van der Waals surface area contributed by atoms with Crippen molar-refractivity contribution in [3.05, 3.63) is 17.5 Å². The lowest BCUT2D eigenvalue weighted by atomic mass is 10.2. The summed E-state index contributed by atoms with van der Waals surface area (Å²) < 4.78 is 1.97. The fraction of sp³-hybridized carbons (Fsp3) is 0.750. The van der Waals surface area contributed by atoms with Crippen molar-refractivity contribution in [1.29, 1.82) is 0 Å². The van der Waals surface area contributed by atoms with Crippen molar-refractivity contribution >= 4 is 0 Å². The zero-order valence-electron chi connectivity index (χ0n) is 10.9. The summed E-state index contributed by atoms with van der Waals surface area (Å²) in [5, 5.41) is 4.37. The molecule has 1 rings (SSSR count). The Kier molecular flexibility index (Phi) is 4.96. The summed E-state index contributed by atoms with van der Waals surface area (Å²) in [7, 11) is 2.00. The van der Waals surface area contributed by atoms with Crippen molar-refractivity contribution in [2.24, 2.45) is 12.8 Å². The van der Waals surface area contributed by atoms with E-state index in [0.29, 0.717) is 6.04 Å². The number of aryl methyl sites for hydroxylation is 2. The molecule has 0 aromatic carbocycles. The molecule has 0 amide bonds. The summed E-state index contributed by atoms with van der Waals surface area (Å²) in [5.74, 6) is 0. The van der Waals surface area contributed by atoms with Gasteiger partial charge in [-0.15, -0.1) is 0 Å². The van der Waals surface area contributed by atoms with E-state index in [1.54, 1.807) is 0 Å². The number of aromatic nitrogens is 2. The van der Waals surface area contributed by atoms with Gasteiger partial charge in [0.25, 0.3) is 0 Å². The molecule has 0 saturated heterocycles. The van der Waals surface area contributed by atoms with Crippen LogP contribution < -0.4 is 5.73 Å². The van der Waals surface area contributed by atoms with E-state index in [2.05, 4.69) is 29.9 Å². The summed E-state index contributed by atoms with van der Waals surface area (Å²) in [6.07, 6.45) is 1.05. The first-order valence-corrected chi connectivity index (χ1v) is 5.98. The second-order valence-corrected chi connectivity index (χ2v) is 4.61. The standard InChI is InChI=1S/C12H24N4/c1-10(2)16(7-5-6-13)9-12-8-11(3)14-15(12)4/h8,10H,5-7,9,13H2,1-4H3. The van der Waals surface area contributed by atoms with E-state index in [4.69, 9.17) is 5.73 Å². The Morgan fingerprint density at radius 3 is 2.62 bits per heavy atom. The van der Waals surface area contributed by atoms with E-state index >= 15 is 0 Å². The highest BCUT2D eigenvalue weighted by Crippen LogP contribution is 2.09. The molecule has 92 valence electrons. The highest BCUT2D eigenvalue weighted by atomic mass is 15.3. The van der Waals surface area contributed by atoms with Crippen LogP contribution in [0.25, 0.3) is 0 Å². The molecule has 0 unspecified atom stereocenters. The van der Waals surface area contributed by atoms with Gasteiger partial charge < -0.3 is 5.73 Å². The van der Waals surface area contributed by atoms with Crippen LogP contribution in [0.1, 0.15) is 31.7 Å². The van der Waals surface area contributed by atoms with Gasteiger partial charge in [0.05, 0.1) is 11.4 Å². The monoisotopic (exact) mass is 224 g/mol. The summed E-state index contributed by atoms with van der Waals surface area (Å²) >= 11 is 0.